The van der Waals surface area contributed by atoms with Gasteiger partial charge in [-0.2, -0.15) is 0 Å². The zero-order valence-corrected chi connectivity index (χ0v) is 19.1. The summed E-state index contributed by atoms with van der Waals surface area (Å²) in [7, 11) is 0. The van der Waals surface area contributed by atoms with Crippen molar-refractivity contribution < 1.29 is 19.1 Å². The van der Waals surface area contributed by atoms with Crippen molar-refractivity contribution in [3.8, 4) is 5.75 Å². The van der Waals surface area contributed by atoms with Crippen LogP contribution in [0.4, 0.5) is 5.69 Å². The minimum Gasteiger partial charge on any atom is -0.489 e. The summed E-state index contributed by atoms with van der Waals surface area (Å²) in [5.74, 6) is 0.824. The van der Waals surface area contributed by atoms with Gasteiger partial charge >= 0.3 is 0 Å². The van der Waals surface area contributed by atoms with E-state index in [0.29, 0.717) is 31.2 Å². The molecule has 6 rings (SSSR count). The normalized spacial score (nSPS) is 28.2. The average Bonchev–Trinajstić information content (AvgIpc) is 3.13. The highest BCUT2D eigenvalue weighted by atomic mass is 16.5. The number of anilines is 1. The van der Waals surface area contributed by atoms with Crippen molar-refractivity contribution in [1.29, 1.82) is 0 Å². The van der Waals surface area contributed by atoms with Gasteiger partial charge in [0.25, 0.3) is 5.91 Å². The first kappa shape index (κ1) is 21.0. The quantitative estimate of drug-likeness (QED) is 0.706. The van der Waals surface area contributed by atoms with E-state index in [0.717, 1.165) is 42.6 Å². The molecule has 4 aliphatic heterocycles. The smallest absolute Gasteiger partial charge is 0.255 e. The molecule has 0 spiro atoms. The van der Waals surface area contributed by atoms with Crippen molar-refractivity contribution in [3.05, 3.63) is 23.3 Å². The number of hydrogen-bond acceptors (Lipinski definition) is 6. The van der Waals surface area contributed by atoms with E-state index in [9.17, 15) is 14.4 Å². The fraction of sp³-hybridized carbons (Fsp3) is 0.640. The Morgan fingerprint density at radius 2 is 1.85 bits per heavy atom. The molecule has 1 aliphatic carbocycles. The summed E-state index contributed by atoms with van der Waals surface area (Å²) in [5, 5.41) is 2.37. The summed E-state index contributed by atoms with van der Waals surface area (Å²) in [6.07, 6.45) is 7.54. The van der Waals surface area contributed by atoms with Crippen molar-refractivity contribution in [2.45, 2.75) is 63.6 Å². The Bertz CT molecular complexity index is 989. The van der Waals surface area contributed by atoms with E-state index < -0.39 is 6.04 Å². The van der Waals surface area contributed by atoms with E-state index in [2.05, 4.69) is 21.2 Å². The first-order chi connectivity index (χ1) is 16.1. The van der Waals surface area contributed by atoms with Gasteiger partial charge in [-0.3, -0.25) is 24.6 Å². The van der Waals surface area contributed by atoms with Crippen LogP contribution < -0.4 is 15.0 Å². The van der Waals surface area contributed by atoms with Crippen LogP contribution in [0.5, 0.6) is 5.75 Å². The molecule has 0 bridgehead atoms. The summed E-state index contributed by atoms with van der Waals surface area (Å²) in [6, 6.07) is 3.70. The second-order valence-corrected chi connectivity index (χ2v) is 10.3. The monoisotopic (exact) mass is 452 g/mol. The lowest BCUT2D eigenvalue weighted by atomic mass is 9.88. The average molecular weight is 453 g/mol. The number of hydrogen-bond donors (Lipinski definition) is 1. The van der Waals surface area contributed by atoms with Gasteiger partial charge in [0.05, 0.1) is 11.7 Å². The third-order valence-electron chi connectivity index (χ3n) is 8.15. The van der Waals surface area contributed by atoms with Crippen LogP contribution in [0, 0.1) is 5.92 Å². The molecule has 0 radical (unpaired) electrons. The van der Waals surface area contributed by atoms with Crippen molar-refractivity contribution in [1.82, 2.24) is 15.1 Å². The number of amides is 3. The van der Waals surface area contributed by atoms with Crippen LogP contribution in [0.25, 0.3) is 0 Å². The second kappa shape index (κ2) is 8.31. The van der Waals surface area contributed by atoms with Gasteiger partial charge < -0.3 is 14.5 Å². The highest BCUT2D eigenvalue weighted by Crippen LogP contribution is 2.41. The fourth-order valence-electron chi connectivity index (χ4n) is 6.39. The number of nitrogens with one attached hydrogen (secondary N) is 1. The Morgan fingerprint density at radius 1 is 1.00 bits per heavy atom. The van der Waals surface area contributed by atoms with Crippen molar-refractivity contribution >= 4 is 23.4 Å². The molecule has 3 fully saturated rings. The molecule has 4 heterocycles. The van der Waals surface area contributed by atoms with Gasteiger partial charge in [0.2, 0.25) is 11.8 Å². The van der Waals surface area contributed by atoms with Gasteiger partial charge in [-0.1, -0.05) is 19.3 Å². The number of carbonyl (C=O) groups excluding carboxylic acids is 3. The standard InChI is InChI=1S/C25H32N4O4/c30-23-7-6-20(24(31)26-23)29-13-17-10-21-22(11-19(17)25(29)32)33-15-18-14-27(8-9-28(18)21)12-16-4-2-1-3-5-16/h10-11,16,18,20H,1-9,12-15H2,(H,26,30,31). The van der Waals surface area contributed by atoms with E-state index >= 15 is 0 Å². The molecule has 8 heteroatoms. The van der Waals surface area contributed by atoms with E-state index in [-0.39, 0.29) is 24.1 Å². The van der Waals surface area contributed by atoms with Gasteiger partial charge in [-0.25, -0.2) is 0 Å². The summed E-state index contributed by atoms with van der Waals surface area (Å²) >= 11 is 0. The maximum Gasteiger partial charge on any atom is 0.255 e. The largest absolute Gasteiger partial charge is 0.489 e. The summed E-state index contributed by atoms with van der Waals surface area (Å²) in [4.78, 5) is 43.6. The van der Waals surface area contributed by atoms with Gasteiger partial charge in [0.15, 0.2) is 0 Å². The summed E-state index contributed by atoms with van der Waals surface area (Å²) in [5.41, 5.74) is 2.63. The predicted molar refractivity (Wildman–Crippen MR) is 122 cm³/mol. The molecule has 0 aromatic heterocycles. The fourth-order valence-corrected chi connectivity index (χ4v) is 6.39. The Morgan fingerprint density at radius 3 is 2.67 bits per heavy atom. The summed E-state index contributed by atoms with van der Waals surface area (Å²) < 4.78 is 6.16. The number of nitrogens with zero attached hydrogens (tertiary/aromatic N) is 3. The van der Waals surface area contributed by atoms with E-state index in [1.165, 1.54) is 38.6 Å². The lowest BCUT2D eigenvalue weighted by Gasteiger charge is -2.46. The van der Waals surface area contributed by atoms with Crippen LogP contribution in [0.3, 0.4) is 0 Å². The summed E-state index contributed by atoms with van der Waals surface area (Å²) in [6.45, 7) is 5.30. The topological polar surface area (TPSA) is 82.2 Å². The maximum absolute atomic E-state index is 13.1. The second-order valence-electron chi connectivity index (χ2n) is 10.3. The molecule has 2 atom stereocenters. The molecule has 176 valence electrons. The van der Waals surface area contributed by atoms with Crippen molar-refractivity contribution in [2.75, 3.05) is 37.7 Å². The van der Waals surface area contributed by atoms with E-state index in [1.807, 2.05) is 6.07 Å². The zero-order valence-electron chi connectivity index (χ0n) is 19.1. The van der Waals surface area contributed by atoms with E-state index in [4.69, 9.17) is 4.74 Å². The first-order valence-electron chi connectivity index (χ1n) is 12.5. The first-order valence-corrected chi connectivity index (χ1v) is 12.5. The number of carbonyl (C=O) groups is 3. The lowest BCUT2D eigenvalue weighted by molar-refractivity contribution is -0.136. The molecule has 3 amide bonds. The van der Waals surface area contributed by atoms with Crippen LogP contribution in [0.1, 0.15) is 60.9 Å². The molecule has 1 aromatic carbocycles. The van der Waals surface area contributed by atoms with Crippen LogP contribution >= 0.6 is 0 Å². The van der Waals surface area contributed by atoms with Crippen molar-refractivity contribution in [2.24, 2.45) is 5.92 Å². The predicted octanol–water partition coefficient (Wildman–Crippen LogP) is 1.91. The highest BCUT2D eigenvalue weighted by molar-refractivity contribution is 6.05. The number of piperazine rings is 1. The number of fused-ring (bicyclic) bond motifs is 4. The van der Waals surface area contributed by atoms with Crippen LogP contribution in [-0.2, 0) is 16.1 Å². The van der Waals surface area contributed by atoms with E-state index in [1.54, 1.807) is 4.90 Å². The molecule has 1 saturated carbocycles. The molecule has 1 aromatic rings. The Hall–Kier alpha value is -2.61. The molecular formula is C25H32N4O4. The zero-order chi connectivity index (χ0) is 22.5. The molecule has 33 heavy (non-hydrogen) atoms. The third-order valence-corrected chi connectivity index (χ3v) is 8.15. The van der Waals surface area contributed by atoms with Crippen molar-refractivity contribution in [3.63, 3.8) is 0 Å². The Balaban J connectivity index is 1.17. The number of rotatable bonds is 3. The molecule has 5 aliphatic rings. The molecule has 2 saturated heterocycles. The number of benzene rings is 1. The van der Waals surface area contributed by atoms with Gasteiger partial charge in [-0.05, 0) is 42.9 Å². The number of ether oxygens (including phenoxy) is 1. The Labute approximate surface area is 194 Å². The molecule has 8 nitrogen and oxygen atoms in total. The minimum atomic E-state index is -0.586. The minimum absolute atomic E-state index is 0.148. The lowest BCUT2D eigenvalue weighted by Crippen LogP contribution is -2.57. The maximum atomic E-state index is 13.1. The third kappa shape index (κ3) is 3.78. The molecular weight excluding hydrogens is 420 g/mol. The highest BCUT2D eigenvalue weighted by Gasteiger charge is 2.41. The van der Waals surface area contributed by atoms with Crippen LogP contribution in [0.15, 0.2) is 12.1 Å². The van der Waals surface area contributed by atoms with Gasteiger partial charge in [0.1, 0.15) is 18.4 Å². The van der Waals surface area contributed by atoms with Gasteiger partial charge in [0, 0.05) is 44.7 Å². The number of piperidine rings is 1. The SMILES string of the molecule is O=C1CCC(N2Cc3cc4c(cc3C2=O)OCC2CN(CC3CCCCC3)CCN42)C(=O)N1. The molecule has 2 unspecified atom stereocenters. The van der Waals surface area contributed by atoms with Gasteiger partial charge in [-0.15, -0.1) is 0 Å². The van der Waals surface area contributed by atoms with Crippen LogP contribution in [0.2, 0.25) is 0 Å². The Kier molecular flexibility index (Phi) is 5.28. The molecule has 1 N–H and O–H groups in total. The van der Waals surface area contributed by atoms with Crippen LogP contribution in [-0.4, -0.2) is 72.4 Å². The number of imide groups is 1.